The number of rotatable bonds is 4. The molecular weight excluding hydrogens is 390 g/mol. The van der Waals surface area contributed by atoms with Gasteiger partial charge in [0, 0.05) is 44.3 Å². The van der Waals surface area contributed by atoms with Crippen molar-refractivity contribution in [2.45, 2.75) is 39.2 Å². The van der Waals surface area contributed by atoms with Crippen molar-refractivity contribution in [3.05, 3.63) is 42.0 Å². The maximum Gasteiger partial charge on any atom is 0.233 e. The number of benzene rings is 1. The van der Waals surface area contributed by atoms with Gasteiger partial charge in [0.1, 0.15) is 0 Å². The number of hydrogen-bond acceptors (Lipinski definition) is 4. The molecule has 2 bridgehead atoms. The summed E-state index contributed by atoms with van der Waals surface area (Å²) in [5, 5.41) is 0. The molecule has 0 N–H and O–H groups in total. The van der Waals surface area contributed by atoms with Crippen LogP contribution in [0.25, 0.3) is 0 Å². The van der Waals surface area contributed by atoms with Crippen molar-refractivity contribution in [2.24, 2.45) is 23.7 Å². The summed E-state index contributed by atoms with van der Waals surface area (Å²) in [7, 11) is 0. The molecule has 0 spiro atoms. The highest BCUT2D eigenvalue weighted by molar-refractivity contribution is 6.06. The number of allylic oxidation sites excluding steroid dienone is 2. The Morgan fingerprint density at radius 3 is 2.29 bits per heavy atom. The van der Waals surface area contributed by atoms with E-state index in [1.165, 1.54) is 16.2 Å². The molecule has 3 fully saturated rings. The van der Waals surface area contributed by atoms with E-state index in [0.29, 0.717) is 13.1 Å². The van der Waals surface area contributed by atoms with Gasteiger partial charge < -0.3 is 9.80 Å². The van der Waals surface area contributed by atoms with E-state index in [2.05, 4.69) is 55.2 Å². The highest BCUT2D eigenvalue weighted by atomic mass is 16.2. The van der Waals surface area contributed by atoms with E-state index in [1.54, 1.807) is 0 Å². The van der Waals surface area contributed by atoms with Crippen LogP contribution >= 0.6 is 0 Å². The fraction of sp³-hybridized carbons (Fsp3) is 0.560. The molecule has 31 heavy (non-hydrogen) atoms. The van der Waals surface area contributed by atoms with E-state index in [4.69, 9.17) is 0 Å². The van der Waals surface area contributed by atoms with Gasteiger partial charge in [0.05, 0.1) is 11.8 Å². The number of amides is 3. The van der Waals surface area contributed by atoms with Crippen LogP contribution < -0.4 is 4.90 Å². The standard InChI is InChI=1S/C25H31N3O3/c1-16-4-3-5-20(14-16)27-13-12-26(15-17(27)2)21(29)10-11-28-24(30)22-18-6-7-19(9-8-18)23(22)25(28)31/h3-7,14,17-19,22-23H,8-13,15H2,1-2H3/t17-,18+,19+,22-,23+/m1/s1. The summed E-state index contributed by atoms with van der Waals surface area (Å²) in [6.45, 7) is 6.56. The lowest BCUT2D eigenvalue weighted by atomic mass is 9.63. The molecule has 3 aliphatic carbocycles. The molecule has 2 heterocycles. The fourth-order valence-corrected chi connectivity index (χ4v) is 6.10. The summed E-state index contributed by atoms with van der Waals surface area (Å²) in [6.07, 6.45) is 6.47. The second kappa shape index (κ2) is 7.81. The molecule has 6 nitrogen and oxygen atoms in total. The van der Waals surface area contributed by atoms with Crippen molar-refractivity contribution < 1.29 is 14.4 Å². The Morgan fingerprint density at radius 1 is 1.03 bits per heavy atom. The van der Waals surface area contributed by atoms with Crippen LogP contribution in [0, 0.1) is 30.6 Å². The predicted molar refractivity (Wildman–Crippen MR) is 118 cm³/mol. The number of fused-ring (bicyclic) bond motifs is 1. The van der Waals surface area contributed by atoms with Gasteiger partial charge in [0.15, 0.2) is 0 Å². The summed E-state index contributed by atoms with van der Waals surface area (Å²) < 4.78 is 0. The molecule has 1 aromatic rings. The minimum atomic E-state index is -0.191. The van der Waals surface area contributed by atoms with Crippen LogP contribution in [0.15, 0.2) is 36.4 Å². The van der Waals surface area contributed by atoms with Gasteiger partial charge in [-0.05, 0) is 56.2 Å². The molecule has 0 aromatic heterocycles. The molecule has 0 unspecified atom stereocenters. The van der Waals surface area contributed by atoms with E-state index in [9.17, 15) is 14.4 Å². The highest BCUT2D eigenvalue weighted by Gasteiger charge is 2.56. The first kappa shape index (κ1) is 20.3. The minimum Gasteiger partial charge on any atom is -0.365 e. The Balaban J connectivity index is 1.18. The van der Waals surface area contributed by atoms with Crippen molar-refractivity contribution in [1.29, 1.82) is 0 Å². The summed E-state index contributed by atoms with van der Waals surface area (Å²) in [5.74, 6) is -0.0646. The summed E-state index contributed by atoms with van der Waals surface area (Å²) in [5.41, 5.74) is 2.42. The number of aryl methyl sites for hydroxylation is 1. The zero-order chi connectivity index (χ0) is 21.7. The molecule has 5 atom stereocenters. The predicted octanol–water partition coefficient (Wildman–Crippen LogP) is 2.62. The van der Waals surface area contributed by atoms with Crippen LogP contribution in [0.2, 0.25) is 0 Å². The van der Waals surface area contributed by atoms with Crippen LogP contribution in [0.4, 0.5) is 5.69 Å². The highest BCUT2D eigenvalue weighted by Crippen LogP contribution is 2.49. The maximum atomic E-state index is 12.9. The van der Waals surface area contributed by atoms with Gasteiger partial charge in [-0.1, -0.05) is 24.3 Å². The molecule has 1 aromatic carbocycles. The van der Waals surface area contributed by atoms with Gasteiger partial charge in [-0.25, -0.2) is 0 Å². The lowest BCUT2D eigenvalue weighted by Gasteiger charge is -2.41. The van der Waals surface area contributed by atoms with E-state index in [1.807, 2.05) is 4.90 Å². The monoisotopic (exact) mass is 421 g/mol. The molecule has 6 heteroatoms. The second-order valence-electron chi connectivity index (χ2n) is 9.64. The van der Waals surface area contributed by atoms with Gasteiger partial charge in [-0.15, -0.1) is 0 Å². The van der Waals surface area contributed by atoms with Gasteiger partial charge in [-0.2, -0.15) is 0 Å². The second-order valence-corrected chi connectivity index (χ2v) is 9.64. The fourth-order valence-electron chi connectivity index (χ4n) is 6.10. The third-order valence-electron chi connectivity index (χ3n) is 7.71. The van der Waals surface area contributed by atoms with Crippen molar-refractivity contribution in [2.75, 3.05) is 31.1 Å². The van der Waals surface area contributed by atoms with Gasteiger partial charge in [-0.3, -0.25) is 19.3 Å². The van der Waals surface area contributed by atoms with Crippen LogP contribution in [0.3, 0.4) is 0 Å². The topological polar surface area (TPSA) is 60.9 Å². The van der Waals surface area contributed by atoms with E-state index in [0.717, 1.165) is 19.4 Å². The van der Waals surface area contributed by atoms with Gasteiger partial charge in [0.2, 0.25) is 17.7 Å². The third-order valence-corrected chi connectivity index (χ3v) is 7.71. The summed E-state index contributed by atoms with van der Waals surface area (Å²) in [6, 6.07) is 8.68. The zero-order valence-corrected chi connectivity index (χ0v) is 18.4. The number of imide groups is 1. The lowest BCUT2D eigenvalue weighted by Crippen LogP contribution is -2.54. The van der Waals surface area contributed by atoms with Crippen LogP contribution in [0.5, 0.6) is 0 Å². The first-order chi connectivity index (χ1) is 14.9. The molecule has 164 valence electrons. The summed E-state index contributed by atoms with van der Waals surface area (Å²) in [4.78, 5) is 44.4. The van der Waals surface area contributed by atoms with Gasteiger partial charge >= 0.3 is 0 Å². The molecule has 6 rings (SSSR count). The first-order valence-corrected chi connectivity index (χ1v) is 11.6. The molecule has 1 saturated carbocycles. The normalized spacial score (nSPS) is 32.1. The van der Waals surface area contributed by atoms with Crippen LogP contribution in [-0.2, 0) is 14.4 Å². The average molecular weight is 422 g/mol. The van der Waals surface area contributed by atoms with Gasteiger partial charge in [0.25, 0.3) is 0 Å². The Labute approximate surface area is 183 Å². The quantitative estimate of drug-likeness (QED) is 0.554. The van der Waals surface area contributed by atoms with Crippen molar-refractivity contribution in [1.82, 2.24) is 9.80 Å². The Kier molecular flexibility index (Phi) is 5.11. The Hall–Kier alpha value is -2.63. The molecule has 2 saturated heterocycles. The Bertz CT molecular complexity index is 910. The van der Waals surface area contributed by atoms with E-state index >= 15 is 0 Å². The maximum absolute atomic E-state index is 12.9. The molecule has 0 radical (unpaired) electrons. The number of carbonyl (C=O) groups is 3. The summed E-state index contributed by atoms with van der Waals surface area (Å²) >= 11 is 0. The van der Waals surface area contributed by atoms with Crippen LogP contribution in [0.1, 0.15) is 31.7 Å². The zero-order valence-electron chi connectivity index (χ0n) is 18.4. The number of likely N-dealkylation sites (tertiary alicyclic amines) is 1. The molecular formula is C25H31N3O3. The Morgan fingerprint density at radius 2 is 1.71 bits per heavy atom. The number of hydrogen-bond donors (Lipinski definition) is 0. The average Bonchev–Trinajstić information content (AvgIpc) is 3.05. The number of anilines is 1. The van der Waals surface area contributed by atoms with E-state index < -0.39 is 0 Å². The van der Waals surface area contributed by atoms with E-state index in [-0.39, 0.29) is 60.4 Å². The van der Waals surface area contributed by atoms with Crippen LogP contribution in [-0.4, -0.2) is 59.7 Å². The SMILES string of the molecule is Cc1cccc(N2CCN(C(=O)CCN3C(=O)[C@@H]4[C@H](C3=O)[C@H]3C=C[C@H]4CC3)C[C@H]2C)c1. The molecule has 5 aliphatic rings. The number of piperazine rings is 1. The number of carbonyl (C=O) groups excluding carboxylic acids is 3. The van der Waals surface area contributed by atoms with Crippen molar-refractivity contribution in [3.8, 4) is 0 Å². The molecule has 2 aliphatic heterocycles. The smallest absolute Gasteiger partial charge is 0.233 e. The van der Waals surface area contributed by atoms with Crippen molar-refractivity contribution in [3.63, 3.8) is 0 Å². The first-order valence-electron chi connectivity index (χ1n) is 11.6. The van der Waals surface area contributed by atoms with Crippen molar-refractivity contribution >= 4 is 23.4 Å². The minimum absolute atomic E-state index is 0.0345. The lowest BCUT2D eigenvalue weighted by molar-refractivity contribution is -0.141. The third kappa shape index (κ3) is 3.46. The molecule has 3 amide bonds. The number of nitrogens with zero attached hydrogens (tertiary/aromatic N) is 3. The largest absolute Gasteiger partial charge is 0.365 e.